The molecule has 1 atom stereocenters. The maximum absolute atomic E-state index is 13.6. The molecule has 1 unspecified atom stereocenters. The number of hydrogen-bond acceptors (Lipinski definition) is 3. The van der Waals surface area contributed by atoms with Crippen LogP contribution in [-0.4, -0.2) is 42.2 Å². The largest absolute Gasteiger partial charge is 0.480 e. The van der Waals surface area contributed by atoms with E-state index < -0.39 is 29.2 Å². The number of likely N-dealkylation sites (N-methyl/N-ethyl adjacent to an activating group) is 1. The van der Waals surface area contributed by atoms with Crippen LogP contribution in [0.2, 0.25) is 0 Å². The zero-order valence-corrected chi connectivity index (χ0v) is 11.7. The third-order valence-electron chi connectivity index (χ3n) is 3.21. The lowest BCUT2D eigenvalue weighted by Gasteiger charge is -2.21. The molecule has 20 heavy (non-hydrogen) atoms. The van der Waals surface area contributed by atoms with Crippen LogP contribution in [-0.2, 0) is 4.79 Å². The van der Waals surface area contributed by atoms with Gasteiger partial charge >= 0.3 is 5.97 Å². The molecule has 0 bridgehead atoms. The summed E-state index contributed by atoms with van der Waals surface area (Å²) in [5.41, 5.74) is -0.445. The first-order chi connectivity index (χ1) is 9.51. The Balaban J connectivity index is 2.78. The Hall–Kier alpha value is -1.53. The minimum atomic E-state index is -1.38. The summed E-state index contributed by atoms with van der Waals surface area (Å²) in [6.45, 7) is 6.62. The molecule has 0 fully saturated rings. The van der Waals surface area contributed by atoms with Crippen LogP contribution in [0.15, 0.2) is 18.2 Å². The summed E-state index contributed by atoms with van der Waals surface area (Å²) < 4.78 is 27.3. The van der Waals surface area contributed by atoms with E-state index in [9.17, 15) is 13.6 Å². The summed E-state index contributed by atoms with van der Waals surface area (Å²) >= 11 is 0. The number of nitrogens with one attached hydrogen (secondary N) is 1. The first kappa shape index (κ1) is 16.5. The van der Waals surface area contributed by atoms with Gasteiger partial charge in [0.15, 0.2) is 0 Å². The van der Waals surface area contributed by atoms with Gasteiger partial charge in [0.1, 0.15) is 17.7 Å². The predicted octanol–water partition coefficient (Wildman–Crippen LogP) is 2.02. The Labute approximate surface area is 117 Å². The Kier molecular flexibility index (Phi) is 6.54. The number of aliphatic carboxylic acids is 1. The molecule has 4 nitrogen and oxygen atoms in total. The maximum Gasteiger partial charge on any atom is 0.325 e. The average Bonchev–Trinajstić information content (AvgIpc) is 2.41. The normalized spacial score (nSPS) is 12.7. The molecule has 0 aromatic heterocycles. The molecule has 0 amide bonds. The predicted molar refractivity (Wildman–Crippen MR) is 72.5 cm³/mol. The van der Waals surface area contributed by atoms with Crippen LogP contribution in [0.3, 0.4) is 0 Å². The van der Waals surface area contributed by atoms with Crippen molar-refractivity contribution in [2.45, 2.75) is 19.9 Å². The summed E-state index contributed by atoms with van der Waals surface area (Å²) in [6, 6.07) is 1.94. The minimum absolute atomic E-state index is 0.340. The van der Waals surface area contributed by atoms with Crippen LogP contribution in [0.1, 0.15) is 25.5 Å². The first-order valence-corrected chi connectivity index (χ1v) is 6.63. The van der Waals surface area contributed by atoms with Crippen molar-refractivity contribution < 1.29 is 18.7 Å². The lowest BCUT2D eigenvalue weighted by atomic mass is 10.1. The standard InChI is InChI=1S/C14H20F2N2O2/c1-3-18(4-2)9-8-17-13(14(19)20)12-10(15)6-5-7-11(12)16/h5-7,13,17H,3-4,8-9H2,1-2H3,(H,19,20). The number of carbonyl (C=O) groups is 1. The highest BCUT2D eigenvalue weighted by molar-refractivity contribution is 5.75. The van der Waals surface area contributed by atoms with E-state index in [1.165, 1.54) is 6.07 Å². The van der Waals surface area contributed by atoms with Gasteiger partial charge in [0, 0.05) is 13.1 Å². The smallest absolute Gasteiger partial charge is 0.325 e. The zero-order valence-electron chi connectivity index (χ0n) is 11.7. The van der Waals surface area contributed by atoms with Gasteiger partial charge in [0.2, 0.25) is 0 Å². The van der Waals surface area contributed by atoms with E-state index >= 15 is 0 Å². The summed E-state index contributed by atoms with van der Waals surface area (Å²) in [5, 5.41) is 11.8. The molecule has 2 N–H and O–H groups in total. The molecule has 0 radical (unpaired) electrons. The van der Waals surface area contributed by atoms with Crippen LogP contribution in [0.5, 0.6) is 0 Å². The van der Waals surface area contributed by atoms with Gasteiger partial charge in [-0.05, 0) is 25.2 Å². The fourth-order valence-corrected chi connectivity index (χ4v) is 2.01. The highest BCUT2D eigenvalue weighted by Gasteiger charge is 2.25. The second-order valence-corrected chi connectivity index (χ2v) is 4.39. The van der Waals surface area contributed by atoms with Crippen molar-refractivity contribution in [3.63, 3.8) is 0 Å². The zero-order chi connectivity index (χ0) is 15.1. The molecule has 1 rings (SSSR count). The molecule has 0 aliphatic carbocycles. The molecule has 0 saturated carbocycles. The number of halogens is 2. The van der Waals surface area contributed by atoms with Gasteiger partial charge in [-0.1, -0.05) is 19.9 Å². The minimum Gasteiger partial charge on any atom is -0.480 e. The Morgan fingerprint density at radius 1 is 1.30 bits per heavy atom. The fourth-order valence-electron chi connectivity index (χ4n) is 2.01. The molecule has 0 heterocycles. The summed E-state index contributed by atoms with van der Waals surface area (Å²) in [5.74, 6) is -3.01. The van der Waals surface area contributed by atoms with Crippen molar-refractivity contribution in [3.8, 4) is 0 Å². The van der Waals surface area contributed by atoms with Crippen LogP contribution >= 0.6 is 0 Å². The van der Waals surface area contributed by atoms with E-state index in [1.807, 2.05) is 13.8 Å². The molecular formula is C14H20F2N2O2. The number of rotatable bonds is 8. The summed E-state index contributed by atoms with van der Waals surface area (Å²) in [4.78, 5) is 13.3. The molecule has 0 aliphatic rings. The second-order valence-electron chi connectivity index (χ2n) is 4.39. The van der Waals surface area contributed by atoms with Gasteiger partial charge in [-0.15, -0.1) is 0 Å². The number of hydrogen-bond donors (Lipinski definition) is 2. The van der Waals surface area contributed by atoms with E-state index in [1.54, 1.807) is 0 Å². The van der Waals surface area contributed by atoms with Crippen LogP contribution in [0, 0.1) is 11.6 Å². The highest BCUT2D eigenvalue weighted by Crippen LogP contribution is 2.20. The van der Waals surface area contributed by atoms with E-state index in [4.69, 9.17) is 5.11 Å². The van der Waals surface area contributed by atoms with Gasteiger partial charge in [-0.2, -0.15) is 0 Å². The number of nitrogens with zero attached hydrogens (tertiary/aromatic N) is 1. The molecular weight excluding hydrogens is 266 g/mol. The van der Waals surface area contributed by atoms with E-state index in [-0.39, 0.29) is 0 Å². The number of carboxylic acid groups (broad SMARTS) is 1. The van der Waals surface area contributed by atoms with E-state index in [0.29, 0.717) is 13.1 Å². The monoisotopic (exact) mass is 286 g/mol. The average molecular weight is 286 g/mol. The fraction of sp³-hybridized carbons (Fsp3) is 0.500. The van der Waals surface area contributed by atoms with Gasteiger partial charge in [0.25, 0.3) is 0 Å². The van der Waals surface area contributed by atoms with Gasteiger partial charge in [0.05, 0.1) is 5.56 Å². The van der Waals surface area contributed by atoms with Gasteiger partial charge in [-0.3, -0.25) is 10.1 Å². The van der Waals surface area contributed by atoms with Gasteiger partial charge in [-0.25, -0.2) is 8.78 Å². The van der Waals surface area contributed by atoms with Crippen molar-refractivity contribution >= 4 is 5.97 Å². The third kappa shape index (κ3) is 4.25. The Morgan fingerprint density at radius 3 is 2.30 bits per heavy atom. The third-order valence-corrected chi connectivity index (χ3v) is 3.21. The number of carboxylic acids is 1. The molecule has 6 heteroatoms. The first-order valence-electron chi connectivity index (χ1n) is 6.63. The van der Waals surface area contributed by atoms with E-state index in [2.05, 4.69) is 10.2 Å². The molecule has 0 aliphatic heterocycles. The maximum atomic E-state index is 13.6. The van der Waals surface area contributed by atoms with Crippen LogP contribution in [0.4, 0.5) is 8.78 Å². The molecule has 112 valence electrons. The molecule has 1 aromatic rings. The highest BCUT2D eigenvalue weighted by atomic mass is 19.1. The van der Waals surface area contributed by atoms with Crippen molar-refractivity contribution in [3.05, 3.63) is 35.4 Å². The lowest BCUT2D eigenvalue weighted by molar-refractivity contribution is -0.139. The van der Waals surface area contributed by atoms with Crippen LogP contribution < -0.4 is 5.32 Å². The SMILES string of the molecule is CCN(CC)CCNC(C(=O)O)c1c(F)cccc1F. The van der Waals surface area contributed by atoms with Crippen molar-refractivity contribution in [1.82, 2.24) is 10.2 Å². The van der Waals surface area contributed by atoms with Gasteiger partial charge < -0.3 is 10.0 Å². The van der Waals surface area contributed by atoms with E-state index in [0.717, 1.165) is 25.2 Å². The topological polar surface area (TPSA) is 52.6 Å². The lowest BCUT2D eigenvalue weighted by Crippen LogP contribution is -2.37. The Morgan fingerprint density at radius 2 is 1.85 bits per heavy atom. The summed E-state index contributed by atoms with van der Waals surface area (Å²) in [6.07, 6.45) is 0. The van der Waals surface area contributed by atoms with Crippen molar-refractivity contribution in [2.75, 3.05) is 26.2 Å². The molecule has 0 saturated heterocycles. The Bertz CT molecular complexity index is 431. The number of benzene rings is 1. The van der Waals surface area contributed by atoms with Crippen molar-refractivity contribution in [1.29, 1.82) is 0 Å². The van der Waals surface area contributed by atoms with Crippen LogP contribution in [0.25, 0.3) is 0 Å². The summed E-state index contributed by atoms with van der Waals surface area (Å²) in [7, 11) is 0. The molecule has 0 spiro atoms. The second kappa shape index (κ2) is 7.91. The van der Waals surface area contributed by atoms with Crippen molar-refractivity contribution in [2.24, 2.45) is 0 Å². The quantitative estimate of drug-likeness (QED) is 0.767. The molecule has 1 aromatic carbocycles.